The lowest BCUT2D eigenvalue weighted by atomic mass is 10.2. The molecule has 0 saturated heterocycles. The lowest BCUT2D eigenvalue weighted by Crippen LogP contribution is -2.54. The Bertz CT molecular complexity index is 265. The van der Waals surface area contributed by atoms with E-state index >= 15 is 0 Å². The van der Waals surface area contributed by atoms with E-state index in [1.165, 1.54) is 14.2 Å². The molecule has 1 aliphatic rings. The zero-order valence-corrected chi connectivity index (χ0v) is 9.26. The lowest BCUT2D eigenvalue weighted by molar-refractivity contribution is -0.278. The molecule has 15 heavy (non-hydrogen) atoms. The van der Waals surface area contributed by atoms with E-state index in [1.54, 1.807) is 13.8 Å². The molecule has 1 unspecified atom stereocenters. The highest BCUT2D eigenvalue weighted by atomic mass is 16.7. The van der Waals surface area contributed by atoms with Gasteiger partial charge in [0.25, 0.3) is 0 Å². The highest BCUT2D eigenvalue weighted by molar-refractivity contribution is 5.68. The van der Waals surface area contributed by atoms with Crippen molar-refractivity contribution >= 4 is 6.09 Å². The third kappa shape index (κ3) is 1.80. The fraction of sp³-hybridized carbons (Fsp3) is 0.875. The molecule has 0 bridgehead atoms. The summed E-state index contributed by atoms with van der Waals surface area (Å²) in [6.07, 6.45) is -0.644. The van der Waals surface area contributed by atoms with Crippen LogP contribution in [0.25, 0.3) is 0 Å². The predicted molar refractivity (Wildman–Crippen MR) is 49.9 cm³/mol. The smallest absolute Gasteiger partial charge is 0.436 e. The topological polar surface area (TPSA) is 72.7 Å². The van der Waals surface area contributed by atoms with Gasteiger partial charge in [0.1, 0.15) is 6.04 Å². The van der Waals surface area contributed by atoms with Gasteiger partial charge in [-0.2, -0.15) is 5.11 Å². The Labute approximate surface area is 88.0 Å². The number of rotatable bonds is 3. The molecule has 1 rings (SSSR count). The number of carbonyl (C=O) groups excluding carboxylic acids is 1. The fourth-order valence-corrected chi connectivity index (χ4v) is 1.39. The maximum absolute atomic E-state index is 11.5. The second kappa shape index (κ2) is 4.54. The van der Waals surface area contributed by atoms with E-state index in [9.17, 15) is 4.79 Å². The summed E-state index contributed by atoms with van der Waals surface area (Å²) in [6.45, 7) is 3.69. The van der Waals surface area contributed by atoms with Crippen LogP contribution in [0.2, 0.25) is 0 Å². The molecule has 7 heteroatoms. The Morgan fingerprint density at radius 2 is 2.07 bits per heavy atom. The summed E-state index contributed by atoms with van der Waals surface area (Å²) in [5.41, 5.74) is 0. The van der Waals surface area contributed by atoms with Crippen LogP contribution in [0.4, 0.5) is 4.79 Å². The molecule has 1 amide bonds. The van der Waals surface area contributed by atoms with Crippen molar-refractivity contribution in [2.75, 3.05) is 20.8 Å². The number of carbonyl (C=O) groups is 1. The standard InChI is InChI=1S/C8H15N3O4/c1-5-15-7(12)11-8(13-3,14-4)6(2)9-10-11/h6H,5H2,1-4H3. The van der Waals surface area contributed by atoms with Gasteiger partial charge in [0.2, 0.25) is 0 Å². The molecule has 7 nitrogen and oxygen atoms in total. The van der Waals surface area contributed by atoms with Crippen LogP contribution in [-0.2, 0) is 14.2 Å². The molecule has 0 spiro atoms. The Morgan fingerprint density at radius 1 is 1.47 bits per heavy atom. The summed E-state index contributed by atoms with van der Waals surface area (Å²) in [4.78, 5) is 11.5. The largest absolute Gasteiger partial charge is 0.448 e. The van der Waals surface area contributed by atoms with E-state index in [2.05, 4.69) is 10.3 Å². The molecule has 0 aromatic carbocycles. The van der Waals surface area contributed by atoms with Gasteiger partial charge in [-0.3, -0.25) is 0 Å². The molecule has 0 saturated carbocycles. The monoisotopic (exact) mass is 217 g/mol. The first kappa shape index (κ1) is 11.9. The molecule has 0 aromatic heterocycles. The number of hydrogen-bond acceptors (Lipinski definition) is 6. The average molecular weight is 217 g/mol. The van der Waals surface area contributed by atoms with Crippen LogP contribution in [0.5, 0.6) is 0 Å². The van der Waals surface area contributed by atoms with Crippen molar-refractivity contribution in [2.45, 2.75) is 25.8 Å². The fourth-order valence-electron chi connectivity index (χ4n) is 1.39. The quantitative estimate of drug-likeness (QED) is 0.665. The maximum Gasteiger partial charge on any atom is 0.436 e. The summed E-state index contributed by atoms with van der Waals surface area (Å²) >= 11 is 0. The van der Waals surface area contributed by atoms with Gasteiger partial charge in [-0.1, -0.05) is 5.22 Å². The molecule has 0 N–H and O–H groups in total. The van der Waals surface area contributed by atoms with Gasteiger partial charge in [-0.25, -0.2) is 4.79 Å². The number of hydrogen-bond donors (Lipinski definition) is 0. The first-order valence-electron chi connectivity index (χ1n) is 4.60. The molecule has 86 valence electrons. The van der Waals surface area contributed by atoms with Crippen LogP contribution in [0.15, 0.2) is 10.3 Å². The number of nitrogens with zero attached hydrogens (tertiary/aromatic N) is 3. The Kier molecular flexibility index (Phi) is 3.59. The maximum atomic E-state index is 11.5. The summed E-state index contributed by atoms with van der Waals surface area (Å²) in [7, 11) is 2.84. The third-order valence-corrected chi connectivity index (χ3v) is 2.16. The summed E-state index contributed by atoms with van der Waals surface area (Å²) in [5.74, 6) is -1.30. The van der Waals surface area contributed by atoms with Crippen molar-refractivity contribution in [1.29, 1.82) is 0 Å². The molecule has 1 aliphatic heterocycles. The average Bonchev–Trinajstić information content (AvgIpc) is 2.56. The van der Waals surface area contributed by atoms with Crippen LogP contribution in [-0.4, -0.2) is 43.9 Å². The van der Waals surface area contributed by atoms with E-state index in [0.29, 0.717) is 0 Å². The molecule has 0 fully saturated rings. The van der Waals surface area contributed by atoms with E-state index in [4.69, 9.17) is 14.2 Å². The van der Waals surface area contributed by atoms with Crippen molar-refractivity contribution in [1.82, 2.24) is 5.01 Å². The van der Waals surface area contributed by atoms with Crippen molar-refractivity contribution in [3.63, 3.8) is 0 Å². The number of ether oxygens (including phenoxy) is 3. The van der Waals surface area contributed by atoms with Crippen molar-refractivity contribution in [3.05, 3.63) is 0 Å². The van der Waals surface area contributed by atoms with Gasteiger partial charge < -0.3 is 14.2 Å². The van der Waals surface area contributed by atoms with Crippen molar-refractivity contribution < 1.29 is 19.0 Å². The number of methoxy groups -OCH3 is 2. The highest BCUT2D eigenvalue weighted by Gasteiger charge is 2.52. The van der Waals surface area contributed by atoms with Crippen LogP contribution in [0.3, 0.4) is 0 Å². The molecular weight excluding hydrogens is 202 g/mol. The first-order chi connectivity index (χ1) is 7.12. The van der Waals surface area contributed by atoms with E-state index in [-0.39, 0.29) is 6.61 Å². The lowest BCUT2D eigenvalue weighted by Gasteiger charge is -2.33. The SMILES string of the molecule is CCOC(=O)N1N=NC(C)C1(OC)OC. The van der Waals surface area contributed by atoms with E-state index < -0.39 is 18.0 Å². The zero-order chi connectivity index (χ0) is 11.5. The van der Waals surface area contributed by atoms with Crippen LogP contribution in [0, 0.1) is 0 Å². The van der Waals surface area contributed by atoms with Gasteiger partial charge in [-0.15, -0.1) is 5.01 Å². The van der Waals surface area contributed by atoms with Gasteiger partial charge in [-0.05, 0) is 13.8 Å². The van der Waals surface area contributed by atoms with Crippen molar-refractivity contribution in [3.8, 4) is 0 Å². The summed E-state index contributed by atoms with van der Waals surface area (Å²) in [6, 6.07) is -0.406. The van der Waals surface area contributed by atoms with Gasteiger partial charge in [0, 0.05) is 14.2 Å². The van der Waals surface area contributed by atoms with Gasteiger partial charge >= 0.3 is 12.0 Å². The van der Waals surface area contributed by atoms with Gasteiger partial charge in [0.15, 0.2) is 0 Å². The highest BCUT2D eigenvalue weighted by Crippen LogP contribution is 2.31. The molecule has 1 atom stereocenters. The molecule has 0 aliphatic carbocycles. The Balaban J connectivity index is 2.88. The van der Waals surface area contributed by atoms with E-state index in [0.717, 1.165) is 5.01 Å². The van der Waals surface area contributed by atoms with Crippen LogP contribution >= 0.6 is 0 Å². The zero-order valence-electron chi connectivity index (χ0n) is 9.26. The summed E-state index contributed by atoms with van der Waals surface area (Å²) in [5, 5.41) is 8.44. The normalized spacial score (nSPS) is 23.2. The molecule has 0 radical (unpaired) electrons. The molecule has 0 aromatic rings. The van der Waals surface area contributed by atoms with Crippen LogP contribution in [0.1, 0.15) is 13.8 Å². The molecule has 1 heterocycles. The summed E-state index contributed by atoms with van der Waals surface area (Å²) < 4.78 is 15.1. The first-order valence-corrected chi connectivity index (χ1v) is 4.60. The van der Waals surface area contributed by atoms with Crippen molar-refractivity contribution in [2.24, 2.45) is 10.3 Å². The minimum atomic E-state index is -1.30. The van der Waals surface area contributed by atoms with Gasteiger partial charge in [0.05, 0.1) is 6.61 Å². The number of amides is 1. The van der Waals surface area contributed by atoms with E-state index in [1.807, 2.05) is 0 Å². The second-order valence-corrected chi connectivity index (χ2v) is 2.93. The minimum absolute atomic E-state index is 0.253. The predicted octanol–water partition coefficient (Wildman–Crippen LogP) is 1.16. The third-order valence-electron chi connectivity index (χ3n) is 2.16. The Hall–Kier alpha value is -1.21. The Morgan fingerprint density at radius 3 is 2.53 bits per heavy atom. The molecular formula is C8H15N3O4. The van der Waals surface area contributed by atoms with Crippen LogP contribution < -0.4 is 0 Å². The minimum Gasteiger partial charge on any atom is -0.448 e. The second-order valence-electron chi connectivity index (χ2n) is 2.93.